The molecule has 0 aliphatic carbocycles. The van der Waals surface area contributed by atoms with Gasteiger partial charge in [-0.15, -0.1) is 0 Å². The molecule has 2 aromatic rings. The molecular weight excluding hydrogens is 574 g/mol. The molecule has 2 rings (SSSR count). The van der Waals surface area contributed by atoms with Crippen molar-refractivity contribution in [3.63, 3.8) is 0 Å². The topological polar surface area (TPSA) is 145 Å². The summed E-state index contributed by atoms with van der Waals surface area (Å²) in [6, 6.07) is 16.4. The number of benzene rings is 2. The first-order valence-electron chi connectivity index (χ1n) is 14.7. The Hall–Kier alpha value is -3.30. The Morgan fingerprint density at radius 1 is 0.523 bits per heavy atom. The number of ether oxygens (including phenoxy) is 8. The molecule has 0 fully saturated rings. The summed E-state index contributed by atoms with van der Waals surface area (Å²) in [4.78, 5) is 22.9. The second-order valence-electron chi connectivity index (χ2n) is 8.96. The monoisotopic (exact) mass is 619 g/mol. The van der Waals surface area contributed by atoms with Crippen molar-refractivity contribution in [3.8, 4) is 0 Å². The van der Waals surface area contributed by atoms with Crippen molar-refractivity contribution in [2.75, 3.05) is 106 Å². The lowest BCUT2D eigenvalue weighted by Gasteiger charge is -2.09. The first kappa shape index (κ1) is 36.9. The number of nitrogens with zero attached hydrogens (tertiary/aromatic N) is 2. The van der Waals surface area contributed by atoms with Gasteiger partial charge in [0.2, 0.25) is 0 Å². The molecule has 2 aromatic carbocycles. The highest BCUT2D eigenvalue weighted by molar-refractivity contribution is 5.94. The minimum Gasteiger partial charge on any atom is -0.463 e. The van der Waals surface area contributed by atoms with Gasteiger partial charge in [0, 0.05) is 19.0 Å². The Morgan fingerprint density at radius 3 is 1.34 bits per heavy atom. The van der Waals surface area contributed by atoms with Crippen LogP contribution in [0.2, 0.25) is 0 Å². The molecule has 0 atom stereocenters. The third kappa shape index (κ3) is 20.6. The lowest BCUT2D eigenvalue weighted by atomic mass is 10.2. The van der Waals surface area contributed by atoms with Gasteiger partial charge in [-0.25, -0.2) is 0 Å². The van der Waals surface area contributed by atoms with Gasteiger partial charge >= 0.3 is 5.97 Å². The van der Waals surface area contributed by atoms with Crippen LogP contribution in [0.25, 0.3) is 0 Å². The summed E-state index contributed by atoms with van der Waals surface area (Å²) in [6.07, 6.45) is 0. The van der Waals surface area contributed by atoms with Crippen LogP contribution in [-0.2, 0) is 42.7 Å². The van der Waals surface area contributed by atoms with Crippen molar-refractivity contribution in [2.24, 2.45) is 10.2 Å². The first-order chi connectivity index (χ1) is 21.6. The number of rotatable bonds is 27. The number of hydrogen-bond donors (Lipinski definition) is 1. The summed E-state index contributed by atoms with van der Waals surface area (Å²) in [5, 5.41) is 11.2. The van der Waals surface area contributed by atoms with Gasteiger partial charge in [0.25, 0.3) is 5.91 Å². The Balaban J connectivity index is 1.28. The lowest BCUT2D eigenvalue weighted by Crippen LogP contribution is -2.27. The summed E-state index contributed by atoms with van der Waals surface area (Å²) in [5.74, 6) is -0.493. The standard InChI is InChI=1S/C31H45N3O10/c1-27(35)44-26-25-43-24-23-42-22-21-41-20-19-40-18-17-39-16-15-38-14-13-37-12-11-32-31(36)28-7-9-30(10-8-28)34-33-29-5-3-2-4-6-29/h2-10H,11-26H2,1H3,(H,32,36). The summed E-state index contributed by atoms with van der Waals surface area (Å²) in [5.41, 5.74) is 1.98. The van der Waals surface area contributed by atoms with Gasteiger partial charge in [0.15, 0.2) is 0 Å². The molecule has 0 bridgehead atoms. The van der Waals surface area contributed by atoms with Crippen LogP contribution in [0.1, 0.15) is 17.3 Å². The smallest absolute Gasteiger partial charge is 0.302 e. The minimum atomic E-state index is -0.316. The third-order valence-electron chi connectivity index (χ3n) is 5.46. The molecule has 0 unspecified atom stereocenters. The number of azo groups is 1. The number of hydrogen-bond acceptors (Lipinski definition) is 12. The molecule has 13 nitrogen and oxygen atoms in total. The highest BCUT2D eigenvalue weighted by Gasteiger charge is 2.04. The molecule has 0 saturated carbocycles. The van der Waals surface area contributed by atoms with Crippen LogP contribution in [0.15, 0.2) is 64.8 Å². The van der Waals surface area contributed by atoms with Crippen molar-refractivity contribution in [1.29, 1.82) is 0 Å². The zero-order valence-electron chi connectivity index (χ0n) is 25.5. The van der Waals surface area contributed by atoms with E-state index < -0.39 is 0 Å². The van der Waals surface area contributed by atoms with E-state index in [1.165, 1.54) is 6.92 Å². The predicted octanol–water partition coefficient (Wildman–Crippen LogP) is 3.51. The first-order valence-corrected chi connectivity index (χ1v) is 14.7. The zero-order valence-corrected chi connectivity index (χ0v) is 25.5. The van der Waals surface area contributed by atoms with Crippen LogP contribution >= 0.6 is 0 Å². The van der Waals surface area contributed by atoms with E-state index >= 15 is 0 Å². The lowest BCUT2D eigenvalue weighted by molar-refractivity contribution is -0.142. The molecule has 0 heterocycles. The molecular formula is C31H45N3O10. The van der Waals surface area contributed by atoms with Crippen molar-refractivity contribution in [2.45, 2.75) is 6.92 Å². The van der Waals surface area contributed by atoms with Crippen molar-refractivity contribution in [1.82, 2.24) is 5.32 Å². The van der Waals surface area contributed by atoms with E-state index in [0.717, 1.165) is 5.69 Å². The van der Waals surface area contributed by atoms with Crippen LogP contribution in [0.5, 0.6) is 0 Å². The summed E-state index contributed by atoms with van der Waals surface area (Å²) < 4.78 is 42.7. The van der Waals surface area contributed by atoms with Crippen LogP contribution in [0.3, 0.4) is 0 Å². The normalized spacial score (nSPS) is 11.2. The van der Waals surface area contributed by atoms with Gasteiger partial charge in [-0.3, -0.25) is 9.59 Å². The maximum atomic E-state index is 12.3. The zero-order chi connectivity index (χ0) is 31.3. The molecule has 44 heavy (non-hydrogen) atoms. The summed E-state index contributed by atoms with van der Waals surface area (Å²) in [7, 11) is 0. The second kappa shape index (κ2) is 26.1. The molecule has 0 aromatic heterocycles. The summed E-state index contributed by atoms with van der Waals surface area (Å²) >= 11 is 0. The number of esters is 1. The fraction of sp³-hybridized carbons (Fsp3) is 0.548. The summed E-state index contributed by atoms with van der Waals surface area (Å²) in [6.45, 7) is 8.29. The van der Waals surface area contributed by atoms with E-state index in [1.807, 2.05) is 30.3 Å². The minimum absolute atomic E-state index is 0.177. The van der Waals surface area contributed by atoms with Crippen LogP contribution in [0.4, 0.5) is 11.4 Å². The molecule has 0 saturated heterocycles. The van der Waals surface area contributed by atoms with Crippen molar-refractivity contribution >= 4 is 23.3 Å². The number of amides is 1. The molecule has 1 amide bonds. The average molecular weight is 620 g/mol. The number of carbonyl (C=O) groups is 2. The Morgan fingerprint density at radius 2 is 0.909 bits per heavy atom. The second-order valence-corrected chi connectivity index (χ2v) is 8.96. The van der Waals surface area contributed by atoms with E-state index in [1.54, 1.807) is 24.3 Å². The highest BCUT2D eigenvalue weighted by Crippen LogP contribution is 2.18. The van der Waals surface area contributed by atoms with Gasteiger partial charge in [-0.1, -0.05) is 18.2 Å². The van der Waals surface area contributed by atoms with Gasteiger partial charge in [0.1, 0.15) is 6.61 Å². The van der Waals surface area contributed by atoms with E-state index in [0.29, 0.717) is 110 Å². The van der Waals surface area contributed by atoms with E-state index in [-0.39, 0.29) is 18.5 Å². The van der Waals surface area contributed by atoms with Crippen LogP contribution in [0, 0.1) is 0 Å². The quantitative estimate of drug-likeness (QED) is 0.0896. The molecule has 244 valence electrons. The average Bonchev–Trinajstić information content (AvgIpc) is 3.04. The van der Waals surface area contributed by atoms with E-state index in [2.05, 4.69) is 15.5 Å². The number of nitrogens with one attached hydrogen (secondary N) is 1. The van der Waals surface area contributed by atoms with Crippen molar-refractivity contribution in [3.05, 3.63) is 60.2 Å². The molecule has 1 N–H and O–H groups in total. The van der Waals surface area contributed by atoms with Crippen LogP contribution < -0.4 is 5.32 Å². The third-order valence-corrected chi connectivity index (χ3v) is 5.46. The number of carbonyl (C=O) groups excluding carboxylic acids is 2. The fourth-order valence-corrected chi connectivity index (χ4v) is 3.29. The SMILES string of the molecule is CC(=O)OCCOCCOCCOCCOCCOCCOCCOCCNC(=O)c1ccc(N=Nc2ccccc2)cc1. The maximum absolute atomic E-state index is 12.3. The van der Waals surface area contributed by atoms with Crippen molar-refractivity contribution < 1.29 is 47.5 Å². The predicted molar refractivity (Wildman–Crippen MR) is 162 cm³/mol. The fourth-order valence-electron chi connectivity index (χ4n) is 3.29. The van der Waals surface area contributed by atoms with Crippen LogP contribution in [-0.4, -0.2) is 118 Å². The molecule has 0 radical (unpaired) electrons. The Labute approximate surface area is 259 Å². The van der Waals surface area contributed by atoms with E-state index in [4.69, 9.17) is 37.9 Å². The van der Waals surface area contributed by atoms with Gasteiger partial charge in [-0.05, 0) is 36.4 Å². The highest BCUT2D eigenvalue weighted by atomic mass is 16.6. The molecule has 13 heteroatoms. The van der Waals surface area contributed by atoms with Gasteiger partial charge in [0.05, 0.1) is 104 Å². The maximum Gasteiger partial charge on any atom is 0.302 e. The van der Waals surface area contributed by atoms with Gasteiger partial charge in [-0.2, -0.15) is 10.2 Å². The Kier molecular flexibility index (Phi) is 21.9. The molecule has 0 aliphatic rings. The van der Waals surface area contributed by atoms with E-state index in [9.17, 15) is 9.59 Å². The van der Waals surface area contributed by atoms with Gasteiger partial charge < -0.3 is 43.2 Å². The Bertz CT molecular complexity index is 1030. The molecule has 0 aliphatic heterocycles. The largest absolute Gasteiger partial charge is 0.463 e. The molecule has 0 spiro atoms.